The number of urea groups is 1. The van der Waals surface area contributed by atoms with Crippen molar-refractivity contribution in [3.8, 4) is 0 Å². The molecule has 3 aromatic rings. The topological polar surface area (TPSA) is 88.0 Å². The first-order valence-corrected chi connectivity index (χ1v) is 8.28. The van der Waals surface area contributed by atoms with Gasteiger partial charge in [0.05, 0.1) is 29.8 Å². The van der Waals surface area contributed by atoms with E-state index in [1.165, 1.54) is 0 Å². The van der Waals surface area contributed by atoms with Gasteiger partial charge in [0.1, 0.15) is 0 Å². The van der Waals surface area contributed by atoms with Gasteiger partial charge in [0.25, 0.3) is 0 Å². The van der Waals surface area contributed by atoms with Crippen molar-refractivity contribution in [2.45, 2.75) is 13.5 Å². The standard InChI is InChI=1S/C15H19N7OS/c1-9-12-5-10(6-16-13(12)22(4)20-9)18-14(23)17-7-11-8-24-15(19-11)21(2)3/h5-6,8H,7H2,1-4H3,(H2,17,18,23). The molecular formula is C15H19N7OS. The van der Waals surface area contributed by atoms with E-state index in [4.69, 9.17) is 0 Å². The summed E-state index contributed by atoms with van der Waals surface area (Å²) in [6.45, 7) is 2.29. The summed E-state index contributed by atoms with van der Waals surface area (Å²) in [5, 5.41) is 13.7. The molecule has 0 radical (unpaired) electrons. The molecule has 0 aliphatic rings. The third-order valence-electron chi connectivity index (χ3n) is 3.47. The van der Waals surface area contributed by atoms with Gasteiger partial charge >= 0.3 is 6.03 Å². The highest BCUT2D eigenvalue weighted by atomic mass is 32.1. The third-order valence-corrected chi connectivity index (χ3v) is 4.53. The molecule has 2 N–H and O–H groups in total. The molecule has 2 amide bonds. The van der Waals surface area contributed by atoms with Crippen molar-refractivity contribution in [2.24, 2.45) is 7.05 Å². The van der Waals surface area contributed by atoms with Gasteiger partial charge in [-0.3, -0.25) is 4.68 Å². The first kappa shape index (κ1) is 16.2. The number of carbonyl (C=O) groups excluding carboxylic acids is 1. The number of nitrogens with one attached hydrogen (secondary N) is 2. The van der Waals surface area contributed by atoms with Gasteiger partial charge in [-0.1, -0.05) is 0 Å². The SMILES string of the molecule is Cc1nn(C)c2ncc(NC(=O)NCc3csc(N(C)C)n3)cc12. The third kappa shape index (κ3) is 3.30. The van der Waals surface area contributed by atoms with Crippen molar-refractivity contribution >= 4 is 39.2 Å². The average Bonchev–Trinajstić information content (AvgIpc) is 3.11. The zero-order chi connectivity index (χ0) is 17.3. The van der Waals surface area contributed by atoms with Crippen LogP contribution in [0.1, 0.15) is 11.4 Å². The van der Waals surface area contributed by atoms with Crippen molar-refractivity contribution in [1.82, 2.24) is 25.1 Å². The largest absolute Gasteiger partial charge is 0.354 e. The van der Waals surface area contributed by atoms with Crippen LogP contribution in [0.25, 0.3) is 11.0 Å². The van der Waals surface area contributed by atoms with Crippen molar-refractivity contribution in [3.63, 3.8) is 0 Å². The number of aromatic nitrogens is 4. The van der Waals surface area contributed by atoms with Crippen LogP contribution in [0, 0.1) is 6.92 Å². The zero-order valence-electron chi connectivity index (χ0n) is 14.0. The minimum atomic E-state index is -0.294. The molecule has 9 heteroatoms. The number of hydrogen-bond donors (Lipinski definition) is 2. The van der Waals surface area contributed by atoms with Gasteiger partial charge in [-0.25, -0.2) is 14.8 Å². The van der Waals surface area contributed by atoms with E-state index in [2.05, 4.69) is 25.7 Å². The van der Waals surface area contributed by atoms with Crippen molar-refractivity contribution in [1.29, 1.82) is 0 Å². The van der Waals surface area contributed by atoms with Crippen LogP contribution in [-0.2, 0) is 13.6 Å². The molecule has 126 valence electrons. The maximum absolute atomic E-state index is 12.0. The fraction of sp³-hybridized carbons (Fsp3) is 0.333. The number of amides is 2. The molecule has 3 rings (SSSR count). The minimum absolute atomic E-state index is 0.294. The number of fused-ring (bicyclic) bond motifs is 1. The predicted octanol–water partition coefficient (Wildman–Crippen LogP) is 2.12. The van der Waals surface area contributed by atoms with E-state index in [0.29, 0.717) is 12.2 Å². The summed E-state index contributed by atoms with van der Waals surface area (Å²) in [5.41, 5.74) is 3.12. The quantitative estimate of drug-likeness (QED) is 0.756. The Morgan fingerprint density at radius 1 is 1.42 bits per heavy atom. The number of carbonyl (C=O) groups is 1. The Hall–Kier alpha value is -2.68. The van der Waals surface area contributed by atoms with Gasteiger partial charge < -0.3 is 15.5 Å². The Morgan fingerprint density at radius 2 is 2.21 bits per heavy atom. The van der Waals surface area contributed by atoms with Gasteiger partial charge in [-0.15, -0.1) is 11.3 Å². The molecule has 8 nitrogen and oxygen atoms in total. The van der Waals surface area contributed by atoms with Crippen LogP contribution in [-0.4, -0.2) is 39.9 Å². The molecule has 0 atom stereocenters. The van der Waals surface area contributed by atoms with Crippen LogP contribution in [0.4, 0.5) is 15.6 Å². The fourth-order valence-corrected chi connectivity index (χ4v) is 3.06. The second-order valence-corrected chi connectivity index (χ2v) is 6.46. The molecule has 0 aromatic carbocycles. The lowest BCUT2D eigenvalue weighted by atomic mass is 10.2. The van der Waals surface area contributed by atoms with Gasteiger partial charge in [-0.05, 0) is 13.0 Å². The first-order valence-electron chi connectivity index (χ1n) is 7.40. The van der Waals surface area contributed by atoms with Gasteiger partial charge in [0.15, 0.2) is 10.8 Å². The summed E-state index contributed by atoms with van der Waals surface area (Å²) in [6.07, 6.45) is 1.62. The number of anilines is 2. The number of thiazole rings is 1. The van der Waals surface area contributed by atoms with E-state index >= 15 is 0 Å². The lowest BCUT2D eigenvalue weighted by Gasteiger charge is -2.07. The Morgan fingerprint density at radius 3 is 2.92 bits per heavy atom. The maximum atomic E-state index is 12.0. The molecule has 24 heavy (non-hydrogen) atoms. The lowest BCUT2D eigenvalue weighted by molar-refractivity contribution is 0.251. The normalized spacial score (nSPS) is 10.8. The summed E-state index contributed by atoms with van der Waals surface area (Å²) in [5.74, 6) is 0. The van der Waals surface area contributed by atoms with E-state index in [1.54, 1.807) is 22.2 Å². The Balaban J connectivity index is 1.63. The van der Waals surface area contributed by atoms with Gasteiger partial charge in [0.2, 0.25) is 0 Å². The van der Waals surface area contributed by atoms with Crippen molar-refractivity contribution in [2.75, 3.05) is 24.3 Å². The molecule has 0 bridgehead atoms. The van der Waals surface area contributed by atoms with Crippen molar-refractivity contribution < 1.29 is 4.79 Å². The second-order valence-electron chi connectivity index (χ2n) is 5.63. The van der Waals surface area contributed by atoms with Crippen LogP contribution in [0.5, 0.6) is 0 Å². The summed E-state index contributed by atoms with van der Waals surface area (Å²) < 4.78 is 1.72. The highest BCUT2D eigenvalue weighted by Crippen LogP contribution is 2.19. The Kier molecular flexibility index (Phi) is 4.34. The smallest absolute Gasteiger partial charge is 0.319 e. The van der Waals surface area contributed by atoms with Gasteiger partial charge in [-0.2, -0.15) is 5.10 Å². The number of aryl methyl sites for hydroxylation is 2. The Bertz CT molecular complexity index is 883. The van der Waals surface area contributed by atoms with E-state index in [1.807, 2.05) is 44.4 Å². The number of pyridine rings is 1. The van der Waals surface area contributed by atoms with E-state index in [0.717, 1.165) is 27.6 Å². The molecule has 0 saturated carbocycles. The number of rotatable bonds is 4. The average molecular weight is 345 g/mol. The molecule has 3 aromatic heterocycles. The molecule has 0 fully saturated rings. The molecule has 0 aliphatic heterocycles. The minimum Gasteiger partial charge on any atom is -0.354 e. The van der Waals surface area contributed by atoms with Crippen LogP contribution in [0.3, 0.4) is 0 Å². The first-order chi connectivity index (χ1) is 11.4. The summed E-state index contributed by atoms with van der Waals surface area (Å²) in [7, 11) is 5.72. The second kappa shape index (κ2) is 6.44. The lowest BCUT2D eigenvalue weighted by Crippen LogP contribution is -2.28. The number of nitrogens with zero attached hydrogens (tertiary/aromatic N) is 5. The zero-order valence-corrected chi connectivity index (χ0v) is 14.8. The predicted molar refractivity (Wildman–Crippen MR) is 95.5 cm³/mol. The molecule has 0 unspecified atom stereocenters. The molecule has 0 saturated heterocycles. The monoisotopic (exact) mass is 345 g/mol. The van der Waals surface area contributed by atoms with Crippen LogP contribution in [0.15, 0.2) is 17.6 Å². The van der Waals surface area contributed by atoms with Crippen LogP contribution < -0.4 is 15.5 Å². The summed E-state index contributed by atoms with van der Waals surface area (Å²) >= 11 is 1.54. The molecule has 0 aliphatic carbocycles. The molecule has 0 spiro atoms. The highest BCUT2D eigenvalue weighted by molar-refractivity contribution is 7.13. The molecule has 3 heterocycles. The van der Waals surface area contributed by atoms with E-state index in [-0.39, 0.29) is 6.03 Å². The van der Waals surface area contributed by atoms with Gasteiger partial charge in [0, 0.05) is 31.9 Å². The Labute approximate surface area is 143 Å². The molecular weight excluding hydrogens is 326 g/mol. The highest BCUT2D eigenvalue weighted by Gasteiger charge is 2.09. The number of hydrogen-bond acceptors (Lipinski definition) is 6. The van der Waals surface area contributed by atoms with Crippen molar-refractivity contribution in [3.05, 3.63) is 29.0 Å². The summed E-state index contributed by atoms with van der Waals surface area (Å²) in [6, 6.07) is 1.58. The van der Waals surface area contributed by atoms with E-state index < -0.39 is 0 Å². The fourth-order valence-electron chi connectivity index (χ4n) is 2.31. The summed E-state index contributed by atoms with van der Waals surface area (Å²) in [4.78, 5) is 22.7. The maximum Gasteiger partial charge on any atom is 0.319 e. The van der Waals surface area contributed by atoms with Crippen LogP contribution in [0.2, 0.25) is 0 Å². The van der Waals surface area contributed by atoms with Crippen LogP contribution >= 0.6 is 11.3 Å². The van der Waals surface area contributed by atoms with E-state index in [9.17, 15) is 4.79 Å².